The number of quaternary nitrogens is 1. The van der Waals surface area contributed by atoms with Gasteiger partial charge in [-0.25, -0.2) is 8.42 Å². The Morgan fingerprint density at radius 3 is 2.05 bits per heavy atom. The molecule has 0 amide bonds. The van der Waals surface area contributed by atoms with Crippen LogP contribution in [0.4, 0.5) is 0 Å². The van der Waals surface area contributed by atoms with Crippen LogP contribution in [0.2, 0.25) is 0 Å². The molecule has 0 atom stereocenters. The zero-order valence-electron chi connectivity index (χ0n) is 11.4. The molecular weight excluding hydrogens is 260 g/mol. The Labute approximate surface area is 115 Å². The van der Waals surface area contributed by atoms with Gasteiger partial charge in [-0.3, -0.25) is 0 Å². The van der Waals surface area contributed by atoms with Crippen molar-refractivity contribution in [2.75, 3.05) is 20.1 Å². The number of rotatable bonds is 7. The lowest BCUT2D eigenvalue weighted by atomic mass is 10.2. The highest BCUT2D eigenvalue weighted by Crippen LogP contribution is 2.24. The van der Waals surface area contributed by atoms with Gasteiger partial charge in [0.15, 0.2) is 0 Å². The zero-order valence-corrected chi connectivity index (χ0v) is 12.2. The van der Waals surface area contributed by atoms with E-state index in [-0.39, 0.29) is 9.49 Å². The van der Waals surface area contributed by atoms with Crippen LogP contribution in [0.25, 0.3) is 4.83 Å². The topological polar surface area (TPSA) is 48.2 Å². The summed E-state index contributed by atoms with van der Waals surface area (Å²) in [5, 5.41) is 0. The smallest absolute Gasteiger partial charge is 0.142 e. The lowest BCUT2D eigenvalue weighted by Crippen LogP contribution is -2.41. The summed E-state index contributed by atoms with van der Waals surface area (Å²) in [6.45, 7) is 10.0. The van der Waals surface area contributed by atoms with E-state index in [1.165, 1.54) is 0 Å². The Morgan fingerprint density at radius 1 is 1.16 bits per heavy atom. The number of likely N-dealkylation sites (N-methyl/N-ethyl adjacent to an activating group) is 1. The van der Waals surface area contributed by atoms with Crippen molar-refractivity contribution in [3.63, 3.8) is 0 Å². The van der Waals surface area contributed by atoms with E-state index in [9.17, 15) is 8.42 Å². The van der Waals surface area contributed by atoms with Crippen molar-refractivity contribution in [2.45, 2.75) is 11.8 Å². The first-order valence-corrected chi connectivity index (χ1v) is 7.39. The molecule has 1 aromatic carbocycles. The van der Waals surface area contributed by atoms with Crippen molar-refractivity contribution in [1.82, 2.24) is 0 Å². The average molecular weight is 280 g/mol. The van der Waals surface area contributed by atoms with E-state index < -0.39 is 10.0 Å². The predicted molar refractivity (Wildman–Crippen MR) is 78.0 cm³/mol. The van der Waals surface area contributed by atoms with E-state index in [0.717, 1.165) is 5.56 Å². The Bertz CT molecular complexity index is 537. The van der Waals surface area contributed by atoms with Crippen LogP contribution in [0.3, 0.4) is 0 Å². The van der Waals surface area contributed by atoms with Gasteiger partial charge in [0.2, 0.25) is 0 Å². The molecule has 0 N–H and O–H groups in total. The van der Waals surface area contributed by atoms with Crippen molar-refractivity contribution < 1.29 is 13.0 Å². The molecule has 0 aliphatic heterocycles. The standard InChI is InChI=1S/C14H20N2O2S/c1-5-11-16(4,12-6-2)15-19(17,18)14-9-7-13(3)8-10-14/h5-10H,1-2,11-12H2,3-4H3. The Hall–Kier alpha value is -1.43. The molecule has 0 spiro atoms. The van der Waals surface area contributed by atoms with Crippen LogP contribution >= 0.6 is 0 Å². The van der Waals surface area contributed by atoms with Crippen molar-refractivity contribution in [3.05, 3.63) is 60.0 Å². The first-order chi connectivity index (χ1) is 8.83. The van der Waals surface area contributed by atoms with Gasteiger partial charge in [-0.05, 0) is 31.2 Å². The van der Waals surface area contributed by atoms with E-state index in [1.807, 2.05) is 6.92 Å². The number of hydrogen-bond acceptors (Lipinski definition) is 2. The Kier molecular flexibility index (Phi) is 5.05. The van der Waals surface area contributed by atoms with Gasteiger partial charge < -0.3 is 9.42 Å². The number of hydrogen-bond donors (Lipinski definition) is 0. The van der Waals surface area contributed by atoms with E-state index in [2.05, 4.69) is 18.0 Å². The van der Waals surface area contributed by atoms with Crippen molar-refractivity contribution in [2.24, 2.45) is 0 Å². The van der Waals surface area contributed by atoms with E-state index in [1.54, 1.807) is 43.5 Å². The molecule has 1 rings (SSSR count). The van der Waals surface area contributed by atoms with Crippen LogP contribution in [-0.2, 0) is 10.0 Å². The van der Waals surface area contributed by atoms with Crippen molar-refractivity contribution in [3.8, 4) is 0 Å². The second kappa shape index (κ2) is 6.14. The molecule has 0 aliphatic rings. The maximum Gasteiger partial charge on any atom is 0.142 e. The van der Waals surface area contributed by atoms with Crippen molar-refractivity contribution in [1.29, 1.82) is 0 Å². The van der Waals surface area contributed by atoms with Crippen LogP contribution in [0, 0.1) is 6.92 Å². The summed E-state index contributed by atoms with van der Waals surface area (Å²) < 4.78 is 24.5. The van der Waals surface area contributed by atoms with Gasteiger partial charge in [0.05, 0.1) is 25.0 Å². The quantitative estimate of drug-likeness (QED) is 0.438. The predicted octanol–water partition coefficient (Wildman–Crippen LogP) is 2.79. The maximum absolute atomic E-state index is 12.3. The summed E-state index contributed by atoms with van der Waals surface area (Å²) in [5.74, 6) is 0. The highest BCUT2D eigenvalue weighted by atomic mass is 32.2. The Morgan fingerprint density at radius 2 is 1.63 bits per heavy atom. The third-order valence-corrected chi connectivity index (χ3v) is 4.15. The molecule has 0 aromatic heterocycles. The summed E-state index contributed by atoms with van der Waals surface area (Å²) in [7, 11) is -1.95. The lowest BCUT2D eigenvalue weighted by Gasteiger charge is -2.43. The lowest BCUT2D eigenvalue weighted by molar-refractivity contribution is -0.854. The third kappa shape index (κ3) is 4.31. The molecule has 0 fully saturated rings. The van der Waals surface area contributed by atoms with Crippen LogP contribution in [0.1, 0.15) is 5.56 Å². The number of nitrogens with zero attached hydrogens (tertiary/aromatic N) is 2. The Balaban J connectivity index is 3.03. The molecule has 0 unspecified atom stereocenters. The van der Waals surface area contributed by atoms with Gasteiger partial charge >= 0.3 is 0 Å². The van der Waals surface area contributed by atoms with E-state index >= 15 is 0 Å². The highest BCUT2D eigenvalue weighted by Gasteiger charge is 2.16. The molecule has 0 bridgehead atoms. The van der Waals surface area contributed by atoms with Gasteiger partial charge in [-0.15, -0.1) is 0 Å². The fraction of sp³-hybridized carbons (Fsp3) is 0.286. The molecule has 104 valence electrons. The second-order valence-corrected chi connectivity index (χ2v) is 6.24. The van der Waals surface area contributed by atoms with Crippen LogP contribution in [0.5, 0.6) is 0 Å². The number of aryl methyl sites for hydroxylation is 1. The third-order valence-electron chi connectivity index (χ3n) is 2.67. The molecule has 0 saturated carbocycles. The monoisotopic (exact) mass is 280 g/mol. The molecule has 0 heterocycles. The molecule has 4 nitrogen and oxygen atoms in total. The van der Waals surface area contributed by atoms with Gasteiger partial charge in [-0.2, -0.15) is 0 Å². The van der Waals surface area contributed by atoms with Gasteiger partial charge in [0, 0.05) is 0 Å². The summed E-state index contributed by atoms with van der Waals surface area (Å²) >= 11 is 0. The number of benzene rings is 1. The molecule has 1 aromatic rings. The first-order valence-electron chi connectivity index (χ1n) is 5.95. The fourth-order valence-electron chi connectivity index (χ4n) is 1.71. The average Bonchev–Trinajstić information content (AvgIpc) is 2.28. The zero-order chi connectivity index (χ0) is 14.5. The van der Waals surface area contributed by atoms with Crippen LogP contribution in [-0.4, -0.2) is 33.1 Å². The fourth-order valence-corrected chi connectivity index (χ4v) is 2.94. The minimum Gasteiger partial charge on any atom is -0.376 e. The van der Waals surface area contributed by atoms with Gasteiger partial charge in [0.1, 0.15) is 10.0 Å². The summed E-state index contributed by atoms with van der Waals surface area (Å²) in [5.41, 5.74) is 1.01. The minimum atomic E-state index is -3.68. The molecule has 5 heteroatoms. The molecule has 0 aliphatic carbocycles. The minimum absolute atomic E-state index is 0.0107. The van der Waals surface area contributed by atoms with E-state index in [0.29, 0.717) is 13.1 Å². The van der Waals surface area contributed by atoms with Crippen LogP contribution < -0.4 is 0 Å². The normalized spacial score (nSPS) is 12.1. The maximum atomic E-state index is 12.3. The summed E-state index contributed by atoms with van der Waals surface area (Å²) in [6.07, 6.45) is 3.30. The molecule has 0 radical (unpaired) electrons. The van der Waals surface area contributed by atoms with Crippen molar-refractivity contribution >= 4 is 10.0 Å². The first kappa shape index (κ1) is 15.6. The molecule has 19 heavy (non-hydrogen) atoms. The van der Waals surface area contributed by atoms with Gasteiger partial charge in [0.25, 0.3) is 0 Å². The number of sulfonamides is 1. The van der Waals surface area contributed by atoms with E-state index in [4.69, 9.17) is 0 Å². The molecule has 0 saturated heterocycles. The SMILES string of the molecule is C=CC[N+](C)(CC=C)[N-]S(=O)(=O)c1ccc(C)cc1. The largest absolute Gasteiger partial charge is 0.376 e. The van der Waals surface area contributed by atoms with Crippen LogP contribution in [0.15, 0.2) is 54.5 Å². The van der Waals surface area contributed by atoms with Gasteiger partial charge in [-0.1, -0.05) is 30.9 Å². The summed E-state index contributed by atoms with van der Waals surface area (Å²) in [6, 6.07) is 6.65. The second-order valence-electron chi connectivity index (χ2n) is 4.65. The molecular formula is C14H20N2O2S. The highest BCUT2D eigenvalue weighted by molar-refractivity contribution is 7.93. The summed E-state index contributed by atoms with van der Waals surface area (Å²) in [4.78, 5) is 4.19.